The van der Waals surface area contributed by atoms with Crippen LogP contribution in [0.1, 0.15) is 32.9 Å². The molecule has 78 valence electrons. The van der Waals surface area contributed by atoms with E-state index in [-0.39, 0.29) is 12.2 Å². The molecule has 1 heterocycles. The topological polar surface area (TPSA) is 55.2 Å². The van der Waals surface area contributed by atoms with Crippen LogP contribution >= 0.6 is 0 Å². The molecule has 1 aromatic heterocycles. The van der Waals surface area contributed by atoms with Crippen LogP contribution < -0.4 is 4.74 Å². The average Bonchev–Trinajstić information content (AvgIpc) is 2.19. The van der Waals surface area contributed by atoms with Crippen LogP contribution in [0.2, 0.25) is 0 Å². The molecule has 14 heavy (non-hydrogen) atoms. The zero-order chi connectivity index (χ0) is 10.6. The van der Waals surface area contributed by atoms with Crippen molar-refractivity contribution in [1.82, 2.24) is 10.2 Å². The predicted molar refractivity (Wildman–Crippen MR) is 53.0 cm³/mol. The van der Waals surface area contributed by atoms with E-state index in [9.17, 15) is 0 Å². The third kappa shape index (κ3) is 2.96. The number of aliphatic hydroxyl groups is 1. The lowest BCUT2D eigenvalue weighted by atomic mass is 10.1. The molecule has 4 nitrogen and oxygen atoms in total. The summed E-state index contributed by atoms with van der Waals surface area (Å²) in [7, 11) is 0. The second kappa shape index (κ2) is 4.37. The van der Waals surface area contributed by atoms with Gasteiger partial charge in [-0.1, -0.05) is 6.92 Å². The minimum atomic E-state index is -0.227. The van der Waals surface area contributed by atoms with Crippen molar-refractivity contribution in [2.24, 2.45) is 0 Å². The first kappa shape index (κ1) is 10.9. The Morgan fingerprint density at radius 2 is 2.07 bits per heavy atom. The molecule has 0 fully saturated rings. The van der Waals surface area contributed by atoms with Gasteiger partial charge in [-0.05, 0) is 26.3 Å². The van der Waals surface area contributed by atoms with Crippen molar-refractivity contribution in [3.63, 3.8) is 0 Å². The first-order chi connectivity index (χ1) is 6.57. The van der Waals surface area contributed by atoms with Gasteiger partial charge in [-0.3, -0.25) is 0 Å². The summed E-state index contributed by atoms with van der Waals surface area (Å²) in [4.78, 5) is 0. The number of ether oxygens (including phenoxy) is 1. The van der Waals surface area contributed by atoms with E-state index in [1.165, 1.54) is 0 Å². The van der Waals surface area contributed by atoms with Crippen LogP contribution in [0.4, 0.5) is 0 Å². The van der Waals surface area contributed by atoms with Crippen LogP contribution in [0.3, 0.4) is 0 Å². The Morgan fingerprint density at radius 1 is 1.36 bits per heavy atom. The Labute approximate surface area is 83.9 Å². The van der Waals surface area contributed by atoms with Crippen LogP contribution in [0.25, 0.3) is 0 Å². The van der Waals surface area contributed by atoms with Gasteiger partial charge < -0.3 is 9.84 Å². The summed E-state index contributed by atoms with van der Waals surface area (Å²) in [5.74, 6) is 0.494. The smallest absolute Gasteiger partial charge is 0.233 e. The number of hydrogen-bond acceptors (Lipinski definition) is 4. The van der Waals surface area contributed by atoms with Gasteiger partial charge in [0.2, 0.25) is 5.88 Å². The van der Waals surface area contributed by atoms with Crippen molar-refractivity contribution in [2.75, 3.05) is 0 Å². The monoisotopic (exact) mass is 196 g/mol. The van der Waals surface area contributed by atoms with E-state index in [4.69, 9.17) is 9.84 Å². The molecule has 1 aromatic rings. The SMILES string of the molecule is CCC(C)(C)Oc1ccc(CO)nn1. The fourth-order valence-electron chi connectivity index (χ4n) is 0.842. The highest BCUT2D eigenvalue weighted by Crippen LogP contribution is 2.17. The lowest BCUT2D eigenvalue weighted by molar-refractivity contribution is 0.0973. The van der Waals surface area contributed by atoms with Crippen molar-refractivity contribution in [3.05, 3.63) is 17.8 Å². The maximum atomic E-state index is 8.76. The summed E-state index contributed by atoms with van der Waals surface area (Å²) >= 11 is 0. The largest absolute Gasteiger partial charge is 0.471 e. The predicted octanol–water partition coefficient (Wildman–Crippen LogP) is 1.54. The Balaban J connectivity index is 2.69. The molecular weight excluding hydrogens is 180 g/mol. The van der Waals surface area contributed by atoms with E-state index < -0.39 is 0 Å². The van der Waals surface area contributed by atoms with E-state index >= 15 is 0 Å². The second-order valence-electron chi connectivity index (χ2n) is 3.74. The van der Waals surface area contributed by atoms with Gasteiger partial charge in [0.1, 0.15) is 5.60 Å². The molecule has 0 amide bonds. The third-order valence-electron chi connectivity index (χ3n) is 2.09. The molecule has 0 bridgehead atoms. The molecule has 0 saturated carbocycles. The van der Waals surface area contributed by atoms with Gasteiger partial charge >= 0.3 is 0 Å². The highest BCUT2D eigenvalue weighted by molar-refractivity contribution is 5.11. The van der Waals surface area contributed by atoms with Gasteiger partial charge in [0.15, 0.2) is 0 Å². The third-order valence-corrected chi connectivity index (χ3v) is 2.09. The fourth-order valence-corrected chi connectivity index (χ4v) is 0.842. The van der Waals surface area contributed by atoms with Crippen molar-refractivity contribution >= 4 is 0 Å². The fraction of sp³-hybridized carbons (Fsp3) is 0.600. The van der Waals surface area contributed by atoms with Crippen LogP contribution in [0.5, 0.6) is 5.88 Å². The summed E-state index contributed by atoms with van der Waals surface area (Å²) in [6, 6.07) is 3.42. The zero-order valence-electron chi connectivity index (χ0n) is 8.82. The van der Waals surface area contributed by atoms with Crippen LogP contribution in [-0.4, -0.2) is 20.9 Å². The van der Waals surface area contributed by atoms with Crippen molar-refractivity contribution in [3.8, 4) is 5.88 Å². The quantitative estimate of drug-likeness (QED) is 0.793. The lowest BCUT2D eigenvalue weighted by Gasteiger charge is -2.23. The Kier molecular flexibility index (Phi) is 3.41. The lowest BCUT2D eigenvalue weighted by Crippen LogP contribution is -2.27. The number of hydrogen-bond donors (Lipinski definition) is 1. The number of aliphatic hydroxyl groups excluding tert-OH is 1. The van der Waals surface area contributed by atoms with Crippen LogP contribution in [0, 0.1) is 0 Å². The molecule has 1 N–H and O–H groups in total. The molecule has 0 aliphatic rings. The second-order valence-corrected chi connectivity index (χ2v) is 3.74. The van der Waals surface area contributed by atoms with Crippen LogP contribution in [-0.2, 0) is 6.61 Å². The summed E-state index contributed by atoms with van der Waals surface area (Å²) in [5.41, 5.74) is 0.321. The molecule has 0 aliphatic heterocycles. The van der Waals surface area contributed by atoms with Crippen molar-refractivity contribution < 1.29 is 9.84 Å². The highest BCUT2D eigenvalue weighted by atomic mass is 16.5. The van der Waals surface area contributed by atoms with Gasteiger partial charge in [0, 0.05) is 6.07 Å². The average molecular weight is 196 g/mol. The van der Waals surface area contributed by atoms with Gasteiger partial charge in [0.05, 0.1) is 12.3 Å². The summed E-state index contributed by atoms with van der Waals surface area (Å²) in [5, 5.41) is 16.4. The molecule has 0 aromatic carbocycles. The van der Waals surface area contributed by atoms with E-state index in [2.05, 4.69) is 17.1 Å². The first-order valence-corrected chi connectivity index (χ1v) is 4.70. The van der Waals surface area contributed by atoms with Gasteiger partial charge in [-0.2, -0.15) is 0 Å². The molecule has 0 spiro atoms. The first-order valence-electron chi connectivity index (χ1n) is 4.70. The van der Waals surface area contributed by atoms with E-state index in [1.807, 2.05) is 13.8 Å². The van der Waals surface area contributed by atoms with E-state index in [0.717, 1.165) is 6.42 Å². The summed E-state index contributed by atoms with van der Waals surface area (Å²) in [6.45, 7) is 5.95. The molecule has 0 saturated heterocycles. The molecule has 0 aliphatic carbocycles. The van der Waals surface area contributed by atoms with Crippen molar-refractivity contribution in [1.29, 1.82) is 0 Å². The molecule has 1 rings (SSSR count). The molecule has 0 radical (unpaired) electrons. The minimum Gasteiger partial charge on any atom is -0.471 e. The van der Waals surface area contributed by atoms with E-state index in [0.29, 0.717) is 11.6 Å². The highest BCUT2D eigenvalue weighted by Gasteiger charge is 2.17. The summed E-state index contributed by atoms with van der Waals surface area (Å²) in [6.07, 6.45) is 0.899. The van der Waals surface area contributed by atoms with Gasteiger partial charge in [-0.25, -0.2) is 0 Å². The Morgan fingerprint density at radius 3 is 2.50 bits per heavy atom. The molecule has 0 unspecified atom stereocenters. The normalized spacial score (nSPS) is 11.4. The molecular formula is C10H16N2O2. The number of nitrogens with zero attached hydrogens (tertiary/aromatic N) is 2. The standard InChI is InChI=1S/C10H16N2O2/c1-4-10(2,3)14-9-6-5-8(7-13)11-12-9/h5-6,13H,4,7H2,1-3H3. The Bertz CT molecular complexity index is 283. The maximum Gasteiger partial charge on any atom is 0.233 e. The maximum absolute atomic E-state index is 8.76. The van der Waals surface area contributed by atoms with Crippen LogP contribution in [0.15, 0.2) is 12.1 Å². The number of aromatic nitrogens is 2. The van der Waals surface area contributed by atoms with Gasteiger partial charge in [0.25, 0.3) is 0 Å². The zero-order valence-corrected chi connectivity index (χ0v) is 8.82. The van der Waals surface area contributed by atoms with E-state index in [1.54, 1.807) is 12.1 Å². The summed E-state index contributed by atoms with van der Waals surface area (Å²) < 4.78 is 5.60. The minimum absolute atomic E-state index is 0.0928. The van der Waals surface area contributed by atoms with Crippen molar-refractivity contribution in [2.45, 2.75) is 39.4 Å². The molecule has 0 atom stereocenters. The Hall–Kier alpha value is -1.16. The molecule has 4 heteroatoms. The van der Waals surface area contributed by atoms with Gasteiger partial charge in [-0.15, -0.1) is 10.2 Å². The number of rotatable bonds is 4.